The number of hydrogen-bond donors (Lipinski definition) is 2. The van der Waals surface area contributed by atoms with Crippen LogP contribution in [0, 0.1) is 0 Å². The van der Waals surface area contributed by atoms with Gasteiger partial charge in [-0.25, -0.2) is 0 Å². The van der Waals surface area contributed by atoms with Crippen LogP contribution in [0.4, 0.5) is 0 Å². The molecule has 2 amide bonds. The molecule has 1 atom stereocenters. The van der Waals surface area contributed by atoms with Crippen molar-refractivity contribution < 1.29 is 14.7 Å². The summed E-state index contributed by atoms with van der Waals surface area (Å²) in [6, 6.07) is 0. The van der Waals surface area contributed by atoms with E-state index in [4.69, 9.17) is 5.11 Å². The van der Waals surface area contributed by atoms with Crippen molar-refractivity contribution in [1.82, 2.24) is 10.2 Å². The predicted octanol–water partition coefficient (Wildman–Crippen LogP) is -1.04. The minimum atomic E-state index is -1.09. The number of nitrogens with zero attached hydrogens (tertiary/aromatic N) is 1. The average molecular weight is 188 g/mol. The zero-order chi connectivity index (χ0) is 10.4. The summed E-state index contributed by atoms with van der Waals surface area (Å²) in [5.74, 6) is -0.547. The SMILES string of the molecule is CNC(=O)C(O)CCC(=O)N(C)C. The molecule has 2 N–H and O–H groups in total. The Morgan fingerprint density at radius 1 is 1.46 bits per heavy atom. The van der Waals surface area contributed by atoms with Crippen molar-refractivity contribution in [2.75, 3.05) is 21.1 Å². The second-order valence-corrected chi connectivity index (χ2v) is 2.96. The van der Waals surface area contributed by atoms with Crippen LogP contribution in [0.25, 0.3) is 0 Å². The van der Waals surface area contributed by atoms with Crippen molar-refractivity contribution in [2.45, 2.75) is 18.9 Å². The van der Waals surface area contributed by atoms with Gasteiger partial charge in [-0.15, -0.1) is 0 Å². The maximum Gasteiger partial charge on any atom is 0.248 e. The van der Waals surface area contributed by atoms with Crippen LogP contribution in [-0.2, 0) is 9.59 Å². The Morgan fingerprint density at radius 3 is 2.38 bits per heavy atom. The number of nitrogens with one attached hydrogen (secondary N) is 1. The van der Waals surface area contributed by atoms with Gasteiger partial charge in [0.05, 0.1) is 0 Å². The van der Waals surface area contributed by atoms with E-state index >= 15 is 0 Å². The van der Waals surface area contributed by atoms with Gasteiger partial charge in [0.15, 0.2) is 0 Å². The zero-order valence-electron chi connectivity index (χ0n) is 8.20. The van der Waals surface area contributed by atoms with Crippen LogP contribution in [0.3, 0.4) is 0 Å². The summed E-state index contributed by atoms with van der Waals surface area (Å²) in [5.41, 5.74) is 0. The number of aliphatic hydroxyl groups excluding tert-OH is 1. The second-order valence-electron chi connectivity index (χ2n) is 2.96. The van der Waals surface area contributed by atoms with Crippen molar-refractivity contribution in [2.24, 2.45) is 0 Å². The van der Waals surface area contributed by atoms with Gasteiger partial charge < -0.3 is 15.3 Å². The maximum atomic E-state index is 11.0. The molecule has 5 heteroatoms. The Bertz CT molecular complexity index is 192. The van der Waals surface area contributed by atoms with Crippen LogP contribution in [0.1, 0.15) is 12.8 Å². The van der Waals surface area contributed by atoms with Gasteiger partial charge in [-0.1, -0.05) is 0 Å². The van der Waals surface area contributed by atoms with E-state index in [1.54, 1.807) is 14.1 Å². The number of aliphatic hydroxyl groups is 1. The summed E-state index contributed by atoms with van der Waals surface area (Å²) in [7, 11) is 4.71. The van der Waals surface area contributed by atoms with Gasteiger partial charge in [0.1, 0.15) is 6.10 Å². The van der Waals surface area contributed by atoms with Gasteiger partial charge in [0.25, 0.3) is 0 Å². The Labute approximate surface area is 77.7 Å². The van der Waals surface area contributed by atoms with E-state index in [-0.39, 0.29) is 18.7 Å². The minimum absolute atomic E-state index is 0.0945. The molecule has 0 aromatic carbocycles. The molecule has 0 saturated heterocycles. The van der Waals surface area contributed by atoms with Gasteiger partial charge in [0.2, 0.25) is 11.8 Å². The molecule has 5 nitrogen and oxygen atoms in total. The number of rotatable bonds is 4. The number of likely N-dealkylation sites (N-methyl/N-ethyl adjacent to an activating group) is 1. The molecule has 0 saturated carbocycles. The molecule has 0 aliphatic rings. The zero-order valence-corrected chi connectivity index (χ0v) is 8.20. The number of carbonyl (C=O) groups excluding carboxylic acids is 2. The van der Waals surface area contributed by atoms with Gasteiger partial charge in [0, 0.05) is 27.6 Å². The lowest BCUT2D eigenvalue weighted by atomic mass is 10.2. The number of carbonyl (C=O) groups is 2. The highest BCUT2D eigenvalue weighted by Crippen LogP contribution is 1.99. The largest absolute Gasteiger partial charge is 0.383 e. The summed E-state index contributed by atoms with van der Waals surface area (Å²) in [5, 5.41) is 11.5. The van der Waals surface area contributed by atoms with Crippen molar-refractivity contribution in [1.29, 1.82) is 0 Å². The highest BCUT2D eigenvalue weighted by atomic mass is 16.3. The Balaban J connectivity index is 3.76. The van der Waals surface area contributed by atoms with E-state index in [1.807, 2.05) is 0 Å². The Hall–Kier alpha value is -1.10. The van der Waals surface area contributed by atoms with Crippen molar-refractivity contribution in [3.63, 3.8) is 0 Å². The first-order valence-electron chi connectivity index (χ1n) is 4.08. The van der Waals surface area contributed by atoms with E-state index in [2.05, 4.69) is 5.32 Å². The third-order valence-electron chi connectivity index (χ3n) is 1.68. The lowest BCUT2D eigenvalue weighted by molar-refractivity contribution is -0.132. The molecule has 0 rings (SSSR count). The first-order chi connectivity index (χ1) is 5.99. The van der Waals surface area contributed by atoms with Crippen LogP contribution in [0.15, 0.2) is 0 Å². The third kappa shape index (κ3) is 4.47. The summed E-state index contributed by atoms with van der Waals surface area (Å²) >= 11 is 0. The van der Waals surface area contributed by atoms with E-state index in [1.165, 1.54) is 11.9 Å². The summed E-state index contributed by atoms with van der Waals surface area (Å²) in [6.07, 6.45) is -0.743. The molecular formula is C8H16N2O3. The molecule has 0 spiro atoms. The molecule has 76 valence electrons. The van der Waals surface area contributed by atoms with Crippen molar-refractivity contribution in [3.8, 4) is 0 Å². The van der Waals surface area contributed by atoms with Crippen molar-refractivity contribution in [3.05, 3.63) is 0 Å². The molecular weight excluding hydrogens is 172 g/mol. The maximum absolute atomic E-state index is 11.0. The van der Waals surface area contributed by atoms with Gasteiger partial charge >= 0.3 is 0 Å². The summed E-state index contributed by atoms with van der Waals surface area (Å²) in [4.78, 5) is 23.3. The minimum Gasteiger partial charge on any atom is -0.383 e. The van der Waals surface area contributed by atoms with E-state index in [0.29, 0.717) is 0 Å². The highest BCUT2D eigenvalue weighted by molar-refractivity contribution is 5.81. The summed E-state index contributed by atoms with van der Waals surface area (Å²) in [6.45, 7) is 0. The third-order valence-corrected chi connectivity index (χ3v) is 1.68. The first kappa shape index (κ1) is 11.9. The van der Waals surface area contributed by atoms with Crippen molar-refractivity contribution >= 4 is 11.8 Å². The summed E-state index contributed by atoms with van der Waals surface area (Å²) < 4.78 is 0. The molecule has 0 bridgehead atoms. The topological polar surface area (TPSA) is 69.6 Å². The Kier molecular flexibility index (Phi) is 5.06. The average Bonchev–Trinajstić information content (AvgIpc) is 2.11. The van der Waals surface area contributed by atoms with Gasteiger partial charge in [-0.2, -0.15) is 0 Å². The lowest BCUT2D eigenvalue weighted by Crippen LogP contribution is -2.33. The first-order valence-corrected chi connectivity index (χ1v) is 4.08. The molecule has 0 aromatic rings. The second kappa shape index (κ2) is 5.53. The Morgan fingerprint density at radius 2 is 2.00 bits per heavy atom. The van der Waals surface area contributed by atoms with Crippen LogP contribution in [0.5, 0.6) is 0 Å². The molecule has 0 aliphatic carbocycles. The molecule has 13 heavy (non-hydrogen) atoms. The predicted molar refractivity (Wildman–Crippen MR) is 48.0 cm³/mol. The fourth-order valence-electron chi connectivity index (χ4n) is 0.782. The lowest BCUT2D eigenvalue weighted by Gasteiger charge is -2.12. The van der Waals surface area contributed by atoms with Crippen LogP contribution < -0.4 is 5.32 Å². The van der Waals surface area contributed by atoms with Gasteiger partial charge in [-0.3, -0.25) is 9.59 Å². The number of hydrogen-bond acceptors (Lipinski definition) is 3. The molecule has 0 fully saturated rings. The quantitative estimate of drug-likeness (QED) is 0.592. The van der Waals surface area contributed by atoms with Crippen LogP contribution >= 0.6 is 0 Å². The van der Waals surface area contributed by atoms with E-state index < -0.39 is 12.0 Å². The highest BCUT2D eigenvalue weighted by Gasteiger charge is 2.15. The number of amides is 2. The molecule has 0 heterocycles. The monoisotopic (exact) mass is 188 g/mol. The van der Waals surface area contributed by atoms with Crippen LogP contribution in [-0.4, -0.2) is 49.1 Å². The van der Waals surface area contributed by atoms with Gasteiger partial charge in [-0.05, 0) is 6.42 Å². The fraction of sp³-hybridized carbons (Fsp3) is 0.750. The smallest absolute Gasteiger partial charge is 0.248 e. The van der Waals surface area contributed by atoms with E-state index in [9.17, 15) is 9.59 Å². The fourth-order valence-corrected chi connectivity index (χ4v) is 0.782. The molecule has 0 aromatic heterocycles. The molecule has 1 unspecified atom stereocenters. The molecule has 0 aliphatic heterocycles. The standard InChI is InChI=1S/C8H16N2O3/c1-9-8(13)6(11)4-5-7(12)10(2)3/h6,11H,4-5H2,1-3H3,(H,9,13). The van der Waals surface area contributed by atoms with E-state index in [0.717, 1.165) is 0 Å². The normalized spacial score (nSPS) is 12.0. The molecule has 0 radical (unpaired) electrons. The van der Waals surface area contributed by atoms with Crippen LogP contribution in [0.2, 0.25) is 0 Å².